The van der Waals surface area contributed by atoms with Gasteiger partial charge in [0, 0.05) is 11.1 Å². The molecule has 110 valence electrons. The zero-order chi connectivity index (χ0) is 15.7. The number of thiocarbonyl (C=S) groups is 1. The molecule has 0 atom stereocenters. The minimum atomic E-state index is -0.410. The summed E-state index contributed by atoms with van der Waals surface area (Å²) >= 11 is 4.80. The van der Waals surface area contributed by atoms with Gasteiger partial charge < -0.3 is 10.5 Å². The van der Waals surface area contributed by atoms with Crippen LogP contribution in [-0.2, 0) is 4.74 Å². The predicted molar refractivity (Wildman–Crippen MR) is 88.8 cm³/mol. The lowest BCUT2D eigenvalue weighted by molar-refractivity contribution is 0.0600. The minimum Gasteiger partial charge on any atom is -0.465 e. The molecule has 0 aromatic heterocycles. The van der Waals surface area contributed by atoms with Crippen molar-refractivity contribution in [3.8, 4) is 11.1 Å². The van der Waals surface area contributed by atoms with Gasteiger partial charge in [0.2, 0.25) is 0 Å². The van der Waals surface area contributed by atoms with E-state index in [2.05, 4.69) is 10.5 Å². The van der Waals surface area contributed by atoms with Crippen LogP contribution in [0.1, 0.15) is 21.5 Å². The Morgan fingerprint density at radius 3 is 2.50 bits per heavy atom. The Balaban J connectivity index is 2.27. The van der Waals surface area contributed by atoms with Gasteiger partial charge in [-0.15, -0.1) is 0 Å². The summed E-state index contributed by atoms with van der Waals surface area (Å²) in [4.78, 5) is 12.1. The highest BCUT2D eigenvalue weighted by molar-refractivity contribution is 7.80. The van der Waals surface area contributed by atoms with Gasteiger partial charge in [-0.05, 0) is 29.4 Å². The van der Waals surface area contributed by atoms with Gasteiger partial charge in [0.25, 0.3) is 0 Å². The van der Waals surface area contributed by atoms with Gasteiger partial charge in [-0.1, -0.05) is 36.4 Å². The van der Waals surface area contributed by atoms with Gasteiger partial charge in [0.15, 0.2) is 5.11 Å². The third-order valence-corrected chi connectivity index (χ3v) is 3.55. The fourth-order valence-electron chi connectivity index (χ4n) is 2.60. The van der Waals surface area contributed by atoms with E-state index in [-0.39, 0.29) is 5.11 Å². The van der Waals surface area contributed by atoms with Crippen molar-refractivity contribution in [2.45, 2.75) is 0 Å². The molecule has 0 aliphatic heterocycles. The molecule has 0 heterocycles. The van der Waals surface area contributed by atoms with Crippen molar-refractivity contribution in [2.75, 3.05) is 7.11 Å². The van der Waals surface area contributed by atoms with Gasteiger partial charge >= 0.3 is 5.97 Å². The molecule has 0 saturated carbocycles. The quantitative estimate of drug-likeness (QED) is 0.430. The van der Waals surface area contributed by atoms with Gasteiger partial charge in [0.05, 0.1) is 18.4 Å². The van der Waals surface area contributed by atoms with Crippen LogP contribution in [0.4, 0.5) is 0 Å². The third kappa shape index (κ3) is 2.23. The smallest absolute Gasteiger partial charge is 0.338 e. The Morgan fingerprint density at radius 2 is 1.82 bits per heavy atom. The van der Waals surface area contributed by atoms with Crippen LogP contribution in [0.15, 0.2) is 47.6 Å². The molecule has 2 aromatic rings. The van der Waals surface area contributed by atoms with E-state index in [1.807, 2.05) is 36.4 Å². The third-order valence-electron chi connectivity index (χ3n) is 3.46. The molecular weight excluding hydrogens is 298 g/mol. The van der Waals surface area contributed by atoms with E-state index < -0.39 is 5.97 Å². The van der Waals surface area contributed by atoms with Gasteiger partial charge in [0.1, 0.15) is 0 Å². The second-order valence-electron chi connectivity index (χ2n) is 4.70. The molecule has 3 rings (SSSR count). The summed E-state index contributed by atoms with van der Waals surface area (Å²) < 4.78 is 4.87. The van der Waals surface area contributed by atoms with Gasteiger partial charge in [-0.2, -0.15) is 5.10 Å². The van der Waals surface area contributed by atoms with E-state index in [1.54, 1.807) is 6.07 Å². The van der Waals surface area contributed by atoms with Crippen LogP contribution in [-0.4, -0.2) is 23.9 Å². The van der Waals surface area contributed by atoms with Crippen LogP contribution >= 0.6 is 12.2 Å². The number of nitrogens with two attached hydrogens (primary N) is 1. The number of rotatable bonds is 2. The van der Waals surface area contributed by atoms with Gasteiger partial charge in [-0.3, -0.25) is 5.43 Å². The average Bonchev–Trinajstić information content (AvgIpc) is 2.86. The van der Waals surface area contributed by atoms with E-state index in [0.717, 1.165) is 22.3 Å². The lowest BCUT2D eigenvalue weighted by atomic mass is 10.0. The Bertz CT molecular complexity index is 815. The van der Waals surface area contributed by atoms with Crippen molar-refractivity contribution in [1.29, 1.82) is 0 Å². The molecule has 0 bridgehead atoms. The van der Waals surface area contributed by atoms with Crippen molar-refractivity contribution in [3.63, 3.8) is 0 Å². The summed E-state index contributed by atoms with van der Waals surface area (Å²) in [5, 5.41) is 4.34. The summed E-state index contributed by atoms with van der Waals surface area (Å²) in [6.45, 7) is 0. The molecule has 0 radical (unpaired) electrons. The highest BCUT2D eigenvalue weighted by Crippen LogP contribution is 2.38. The number of fused-ring (bicyclic) bond motifs is 3. The first-order valence-corrected chi connectivity index (χ1v) is 6.99. The van der Waals surface area contributed by atoms with Crippen molar-refractivity contribution >= 4 is 29.0 Å². The number of carbonyl (C=O) groups excluding carboxylic acids is 1. The Morgan fingerprint density at radius 1 is 1.14 bits per heavy atom. The molecule has 1 aliphatic rings. The number of esters is 1. The number of benzene rings is 2. The number of nitrogens with zero attached hydrogens (tertiary/aromatic N) is 1. The molecule has 3 N–H and O–H groups in total. The first-order valence-electron chi connectivity index (χ1n) is 6.58. The molecule has 6 heteroatoms. The molecule has 1 aliphatic carbocycles. The Kier molecular flexibility index (Phi) is 3.60. The summed E-state index contributed by atoms with van der Waals surface area (Å²) in [6, 6.07) is 13.3. The highest BCUT2D eigenvalue weighted by Gasteiger charge is 2.29. The van der Waals surface area contributed by atoms with Crippen LogP contribution in [0.25, 0.3) is 11.1 Å². The summed E-state index contributed by atoms with van der Waals surface area (Å²) in [5.41, 5.74) is 12.7. The largest absolute Gasteiger partial charge is 0.465 e. The Hall–Kier alpha value is -2.73. The molecular formula is C16H13N3O2S. The normalized spacial score (nSPS) is 13.4. The van der Waals surface area contributed by atoms with Crippen LogP contribution in [0.3, 0.4) is 0 Å². The fraction of sp³-hybridized carbons (Fsp3) is 0.0625. The SMILES string of the molecule is COC(=O)c1cccc2c1/C(=N\NC(N)=S)c1ccccc1-2. The number of methoxy groups -OCH3 is 1. The van der Waals surface area contributed by atoms with Gasteiger partial charge in [-0.25, -0.2) is 4.79 Å². The summed E-state index contributed by atoms with van der Waals surface area (Å²) in [5.74, 6) is -0.410. The maximum Gasteiger partial charge on any atom is 0.338 e. The number of hydrazone groups is 1. The fourth-order valence-corrected chi connectivity index (χ4v) is 2.64. The first kappa shape index (κ1) is 14.2. The van der Waals surface area contributed by atoms with Crippen molar-refractivity contribution < 1.29 is 9.53 Å². The molecule has 2 aromatic carbocycles. The summed E-state index contributed by atoms with van der Waals surface area (Å²) in [7, 11) is 1.36. The Labute approximate surface area is 132 Å². The van der Waals surface area contributed by atoms with E-state index in [0.29, 0.717) is 11.3 Å². The van der Waals surface area contributed by atoms with Crippen LogP contribution < -0.4 is 11.2 Å². The number of hydrogen-bond acceptors (Lipinski definition) is 4. The lowest BCUT2D eigenvalue weighted by Crippen LogP contribution is -2.26. The topological polar surface area (TPSA) is 76.7 Å². The zero-order valence-corrected chi connectivity index (χ0v) is 12.6. The number of ether oxygens (including phenoxy) is 1. The van der Waals surface area contributed by atoms with Crippen molar-refractivity contribution in [3.05, 3.63) is 59.2 Å². The molecule has 22 heavy (non-hydrogen) atoms. The second-order valence-corrected chi connectivity index (χ2v) is 5.14. The van der Waals surface area contributed by atoms with Crippen molar-refractivity contribution in [1.82, 2.24) is 5.43 Å². The molecule has 0 fully saturated rings. The standard InChI is InChI=1S/C16H13N3O2S/c1-21-15(20)12-8-4-7-10-9-5-2-3-6-11(9)14(13(10)12)18-19-16(17)22/h2-8H,1H3,(H3,17,19,22)/b18-14-. The van der Waals surface area contributed by atoms with E-state index in [4.69, 9.17) is 22.7 Å². The lowest BCUT2D eigenvalue weighted by Gasteiger charge is -2.08. The molecule has 0 amide bonds. The second kappa shape index (κ2) is 5.57. The monoisotopic (exact) mass is 311 g/mol. The van der Waals surface area contributed by atoms with Crippen LogP contribution in [0.2, 0.25) is 0 Å². The van der Waals surface area contributed by atoms with E-state index in [9.17, 15) is 4.79 Å². The van der Waals surface area contributed by atoms with Crippen molar-refractivity contribution in [2.24, 2.45) is 10.8 Å². The predicted octanol–water partition coefficient (Wildman–Crippen LogP) is 2.04. The van der Waals surface area contributed by atoms with E-state index >= 15 is 0 Å². The van der Waals surface area contributed by atoms with E-state index in [1.165, 1.54) is 7.11 Å². The number of nitrogens with one attached hydrogen (secondary N) is 1. The molecule has 5 nitrogen and oxygen atoms in total. The zero-order valence-electron chi connectivity index (χ0n) is 11.8. The molecule has 0 unspecified atom stereocenters. The number of carbonyl (C=O) groups is 1. The highest BCUT2D eigenvalue weighted by atomic mass is 32.1. The average molecular weight is 311 g/mol. The summed E-state index contributed by atoms with van der Waals surface area (Å²) in [6.07, 6.45) is 0. The molecule has 0 saturated heterocycles. The first-order chi connectivity index (χ1) is 10.6. The molecule has 0 spiro atoms. The number of hydrogen-bond donors (Lipinski definition) is 2. The maximum absolute atomic E-state index is 12.1. The van der Waals surface area contributed by atoms with Crippen LogP contribution in [0, 0.1) is 0 Å². The maximum atomic E-state index is 12.1. The minimum absolute atomic E-state index is 0.0639. The van der Waals surface area contributed by atoms with Crippen LogP contribution in [0.5, 0.6) is 0 Å².